The molecule has 29 heavy (non-hydrogen) atoms. The zero-order valence-electron chi connectivity index (χ0n) is 15.5. The molecule has 0 heterocycles. The highest BCUT2D eigenvalue weighted by Crippen LogP contribution is 2.34. The minimum Gasteiger partial charge on any atom is -0.460 e. The minimum absolute atomic E-state index is 0.00261. The van der Waals surface area contributed by atoms with Gasteiger partial charge in [0.1, 0.15) is 18.8 Å². The summed E-state index contributed by atoms with van der Waals surface area (Å²) < 4.78 is 82.8. The van der Waals surface area contributed by atoms with Crippen LogP contribution in [0.2, 0.25) is 0 Å². The largest absolute Gasteiger partial charge is 0.460 e. The number of amides is 1. The van der Waals surface area contributed by atoms with E-state index in [2.05, 4.69) is 32.1 Å². The first-order chi connectivity index (χ1) is 13.2. The molecule has 0 aromatic heterocycles. The van der Waals surface area contributed by atoms with Crippen LogP contribution in [-0.2, 0) is 28.5 Å². The Hall–Kier alpha value is -2.70. The number of ether oxygens (including phenoxy) is 4. The molecule has 0 aromatic carbocycles. The SMILES string of the molecule is C=CC(=O)OCC(C)(COC(=O)C=C)NC(=O)OC(C(C)(F)F)C(F)(F)OCF. The van der Waals surface area contributed by atoms with Crippen LogP contribution in [0.1, 0.15) is 13.8 Å². The average Bonchev–Trinajstić information content (AvgIpc) is 2.61. The predicted molar refractivity (Wildman–Crippen MR) is 86.7 cm³/mol. The van der Waals surface area contributed by atoms with E-state index >= 15 is 0 Å². The third kappa shape index (κ3) is 9.36. The molecule has 1 amide bonds. The van der Waals surface area contributed by atoms with E-state index in [9.17, 15) is 36.3 Å². The Morgan fingerprint density at radius 3 is 1.79 bits per heavy atom. The normalized spacial score (nSPS) is 13.1. The Kier molecular flexibility index (Phi) is 9.74. The topological polar surface area (TPSA) is 100 Å². The van der Waals surface area contributed by atoms with Gasteiger partial charge < -0.3 is 19.5 Å². The number of rotatable bonds is 12. The van der Waals surface area contributed by atoms with Crippen LogP contribution in [0.15, 0.2) is 25.3 Å². The number of halogens is 5. The first kappa shape index (κ1) is 26.3. The lowest BCUT2D eigenvalue weighted by molar-refractivity contribution is -0.333. The summed E-state index contributed by atoms with van der Waals surface area (Å²) in [5.74, 6) is -6.25. The molecule has 0 radical (unpaired) electrons. The maximum absolute atomic E-state index is 13.6. The van der Waals surface area contributed by atoms with E-state index in [0.29, 0.717) is 0 Å². The molecule has 0 saturated heterocycles. The molecule has 8 nitrogen and oxygen atoms in total. The van der Waals surface area contributed by atoms with Crippen LogP contribution in [-0.4, -0.2) is 61.8 Å². The first-order valence-corrected chi connectivity index (χ1v) is 7.73. The maximum atomic E-state index is 13.6. The molecule has 0 rings (SSSR count). The molecule has 0 bridgehead atoms. The minimum atomic E-state index is -4.87. The van der Waals surface area contributed by atoms with E-state index in [0.717, 1.165) is 19.1 Å². The van der Waals surface area contributed by atoms with Gasteiger partial charge in [-0.1, -0.05) is 13.2 Å². The van der Waals surface area contributed by atoms with Crippen molar-refractivity contribution in [2.75, 3.05) is 20.1 Å². The Balaban J connectivity index is 5.43. The highest BCUT2D eigenvalue weighted by atomic mass is 19.3. The molecule has 0 aliphatic carbocycles. The summed E-state index contributed by atoms with van der Waals surface area (Å²) in [6, 6.07) is 0. The van der Waals surface area contributed by atoms with Crippen LogP contribution in [0, 0.1) is 0 Å². The lowest BCUT2D eigenvalue weighted by Crippen LogP contribution is -2.57. The van der Waals surface area contributed by atoms with Gasteiger partial charge in [-0.3, -0.25) is 4.74 Å². The zero-order valence-corrected chi connectivity index (χ0v) is 15.5. The van der Waals surface area contributed by atoms with Gasteiger partial charge in [-0.15, -0.1) is 0 Å². The fourth-order valence-electron chi connectivity index (χ4n) is 1.69. The summed E-state index contributed by atoms with van der Waals surface area (Å²) in [6.07, 6.45) is -8.69. The molecule has 1 unspecified atom stereocenters. The molecule has 1 atom stereocenters. The quantitative estimate of drug-likeness (QED) is 0.218. The summed E-state index contributed by atoms with van der Waals surface area (Å²) in [7, 11) is 0. The third-order valence-electron chi connectivity index (χ3n) is 3.04. The van der Waals surface area contributed by atoms with E-state index in [1.54, 1.807) is 0 Å². The molecular weight excluding hydrogens is 413 g/mol. The van der Waals surface area contributed by atoms with Crippen LogP contribution in [0.5, 0.6) is 0 Å². The highest BCUT2D eigenvalue weighted by Gasteiger charge is 2.57. The summed E-state index contributed by atoms with van der Waals surface area (Å²) in [5.41, 5.74) is -1.79. The van der Waals surface area contributed by atoms with Crippen molar-refractivity contribution in [2.24, 2.45) is 0 Å². The molecule has 0 spiro atoms. The van der Waals surface area contributed by atoms with E-state index in [4.69, 9.17) is 0 Å². The molecular formula is C16H20F5NO7. The summed E-state index contributed by atoms with van der Waals surface area (Å²) >= 11 is 0. The van der Waals surface area contributed by atoms with Crippen molar-refractivity contribution in [2.45, 2.75) is 37.5 Å². The second-order valence-corrected chi connectivity index (χ2v) is 5.87. The number of alkyl halides is 5. The van der Waals surface area contributed by atoms with Crippen LogP contribution in [0.3, 0.4) is 0 Å². The van der Waals surface area contributed by atoms with Crippen LogP contribution in [0.25, 0.3) is 0 Å². The van der Waals surface area contributed by atoms with Gasteiger partial charge in [-0.25, -0.2) is 27.6 Å². The fraction of sp³-hybridized carbons (Fsp3) is 0.562. The molecule has 0 aliphatic rings. The number of carbonyl (C=O) groups is 3. The van der Waals surface area contributed by atoms with Crippen LogP contribution < -0.4 is 5.32 Å². The molecule has 1 N–H and O–H groups in total. The van der Waals surface area contributed by atoms with Crippen LogP contribution in [0.4, 0.5) is 26.7 Å². The predicted octanol–water partition coefficient (Wildman–Crippen LogP) is 2.49. The number of hydrogen-bond acceptors (Lipinski definition) is 7. The summed E-state index contributed by atoms with van der Waals surface area (Å²) in [5, 5.41) is 1.87. The molecule has 13 heteroatoms. The fourth-order valence-corrected chi connectivity index (χ4v) is 1.69. The lowest BCUT2D eigenvalue weighted by Gasteiger charge is -2.32. The second kappa shape index (κ2) is 10.7. The number of nitrogens with one attached hydrogen (secondary N) is 1. The van der Waals surface area contributed by atoms with E-state index < -0.39 is 61.8 Å². The van der Waals surface area contributed by atoms with Gasteiger partial charge in [0, 0.05) is 19.1 Å². The monoisotopic (exact) mass is 433 g/mol. The first-order valence-electron chi connectivity index (χ1n) is 7.73. The number of hydrogen-bond donors (Lipinski definition) is 1. The Morgan fingerprint density at radius 2 is 1.45 bits per heavy atom. The lowest BCUT2D eigenvalue weighted by atomic mass is 10.1. The zero-order chi connectivity index (χ0) is 22.9. The Morgan fingerprint density at radius 1 is 1.00 bits per heavy atom. The molecule has 0 fully saturated rings. The van der Waals surface area contributed by atoms with Crippen molar-refractivity contribution in [3.05, 3.63) is 25.3 Å². The number of alkyl carbamates (subject to hydrolysis) is 1. The van der Waals surface area contributed by atoms with Crippen molar-refractivity contribution < 1.29 is 55.3 Å². The van der Waals surface area contributed by atoms with Gasteiger partial charge in [-0.2, -0.15) is 8.78 Å². The van der Waals surface area contributed by atoms with Gasteiger partial charge in [0.2, 0.25) is 0 Å². The van der Waals surface area contributed by atoms with Crippen molar-refractivity contribution in [1.29, 1.82) is 0 Å². The average molecular weight is 433 g/mol. The maximum Gasteiger partial charge on any atom is 0.408 e. The Labute approximate surface area is 162 Å². The van der Waals surface area contributed by atoms with E-state index in [-0.39, 0.29) is 6.92 Å². The summed E-state index contributed by atoms with van der Waals surface area (Å²) in [6.45, 7) is 3.85. The number of esters is 2. The molecule has 0 saturated carbocycles. The molecule has 0 aromatic rings. The van der Waals surface area contributed by atoms with Crippen LogP contribution >= 0.6 is 0 Å². The third-order valence-corrected chi connectivity index (χ3v) is 3.04. The van der Waals surface area contributed by atoms with Crippen molar-refractivity contribution in [3.63, 3.8) is 0 Å². The van der Waals surface area contributed by atoms with E-state index in [1.807, 2.05) is 5.32 Å². The standard InChI is InChI=1S/C16H20F5NO7/c1-5-10(23)26-7-14(3,8-27-11(24)6-2)22-13(25)29-12(15(4,18)19)16(20,21)28-9-17/h5-6,12H,1-2,7-9H2,3-4H3,(H,22,25). The van der Waals surface area contributed by atoms with E-state index in [1.165, 1.54) is 0 Å². The van der Waals surface area contributed by atoms with Gasteiger partial charge in [0.05, 0.1) is 0 Å². The highest BCUT2D eigenvalue weighted by molar-refractivity contribution is 5.82. The van der Waals surface area contributed by atoms with Crippen molar-refractivity contribution in [3.8, 4) is 0 Å². The second-order valence-electron chi connectivity index (χ2n) is 5.87. The molecule has 166 valence electrons. The van der Waals surface area contributed by atoms with Gasteiger partial charge >= 0.3 is 24.1 Å². The number of carbonyl (C=O) groups excluding carboxylic acids is 3. The molecule has 0 aliphatic heterocycles. The van der Waals surface area contributed by atoms with Gasteiger partial charge in [0.25, 0.3) is 12.0 Å². The van der Waals surface area contributed by atoms with Gasteiger partial charge in [-0.05, 0) is 6.92 Å². The summed E-state index contributed by atoms with van der Waals surface area (Å²) in [4.78, 5) is 34.3. The Bertz CT molecular complexity index is 597. The smallest absolute Gasteiger partial charge is 0.408 e. The van der Waals surface area contributed by atoms with Crippen molar-refractivity contribution in [1.82, 2.24) is 5.32 Å². The van der Waals surface area contributed by atoms with Crippen molar-refractivity contribution >= 4 is 18.0 Å². The van der Waals surface area contributed by atoms with Gasteiger partial charge in [0.15, 0.2) is 6.86 Å².